The molecule has 0 bridgehead atoms. The van der Waals surface area contributed by atoms with E-state index in [0.717, 1.165) is 25.7 Å². The Bertz CT molecular complexity index is 1870. The maximum atomic E-state index is 13.4. The van der Waals surface area contributed by atoms with Crippen LogP contribution in [-0.2, 0) is 52.7 Å². The molecule has 0 fully saturated rings. The topological polar surface area (TPSA) is 340 Å². The number of aliphatic hydroxyl groups is 1. The van der Waals surface area contributed by atoms with Gasteiger partial charge < -0.3 is 63.6 Å². The number of nitrogens with one attached hydrogen (secondary N) is 11. The molecule has 0 saturated carbocycles. The lowest BCUT2D eigenvalue weighted by Gasteiger charge is -2.30. The number of aliphatic hydroxyl groups excluding tert-OH is 1. The monoisotopic (exact) mass is 1020 g/mol. The van der Waals surface area contributed by atoms with Crippen LogP contribution in [0.1, 0.15) is 149 Å². The van der Waals surface area contributed by atoms with Gasteiger partial charge >= 0.3 is 0 Å². The third-order valence-electron chi connectivity index (χ3n) is 11.3. The molecular weight excluding hydrogens is 935 g/mol. The minimum atomic E-state index is -1.60. The van der Waals surface area contributed by atoms with Crippen LogP contribution in [0, 0.1) is 23.7 Å². The van der Waals surface area contributed by atoms with Crippen LogP contribution >= 0.6 is 0 Å². The Morgan fingerprint density at radius 3 is 1.12 bits per heavy atom. The van der Waals surface area contributed by atoms with Gasteiger partial charge in [-0.15, -0.1) is 0 Å². The molecule has 23 heteroatoms. The van der Waals surface area contributed by atoms with Gasteiger partial charge in [-0.3, -0.25) is 52.7 Å². The summed E-state index contributed by atoms with van der Waals surface area (Å²) in [5.41, 5.74) is -4.48. The van der Waals surface area contributed by atoms with Crippen molar-refractivity contribution in [1.29, 1.82) is 0 Å². The molecule has 0 aromatic heterocycles. The van der Waals surface area contributed by atoms with Gasteiger partial charge in [-0.05, 0) is 78.1 Å². The zero-order chi connectivity index (χ0) is 55.7. The van der Waals surface area contributed by atoms with Crippen LogP contribution in [0.15, 0.2) is 0 Å². The van der Waals surface area contributed by atoms with Crippen molar-refractivity contribution < 1.29 is 57.8 Å². The smallest absolute Gasteiger partial charge is 0.245 e. The summed E-state index contributed by atoms with van der Waals surface area (Å²) >= 11 is 0. The van der Waals surface area contributed by atoms with E-state index in [4.69, 9.17) is 0 Å². The lowest BCUT2D eigenvalue weighted by molar-refractivity contribution is -0.136. The molecule has 23 nitrogen and oxygen atoms in total. The summed E-state index contributed by atoms with van der Waals surface area (Å²) < 4.78 is 0. The Morgan fingerprint density at radius 2 is 0.764 bits per heavy atom. The SMILES string of the molecule is CCCCCCCC(=O)NC(C)(C)C(=O)NCC(=O)N[C@H](C(=O)NC(C)(C)C(=O)NCC(=O)NCC(=O)N[C@H](C(=O)NC(C)(C)C(=O)NCC(=O)N[C@H](C(=O)N[C@H](CO)CC(C)C)C(C)C)C(C)C)C(C)C. The molecule has 0 radical (unpaired) electrons. The zero-order valence-electron chi connectivity index (χ0n) is 45.5. The van der Waals surface area contributed by atoms with Crippen molar-refractivity contribution in [3.63, 3.8) is 0 Å². The second-order valence-electron chi connectivity index (χ2n) is 21.3. The standard InChI is InChI=1S/C49H89N11O12/c1-16-17-18-19-20-21-33(62)58-47(10,11)44(70)52-26-37(66)57-40(31(8)9)43(69)59-48(12,13)45(71)51-23-34(63)50-24-35(64)56-39(30(6)7)42(68)60-49(14,15)46(72)53-25-36(65)55-38(29(4)5)41(67)54-32(27-61)22-28(2)3/h28-32,38-40,61H,16-27H2,1-15H3,(H,50,63)(H,51,71)(H,52,70)(H,53,72)(H,54,67)(H,55,65)(H,56,64)(H,57,66)(H,58,62)(H,59,69)(H,60,68)/t32-,38-,39-,40-/m0/s1. The quantitative estimate of drug-likeness (QED) is 0.0369. The fraction of sp³-hybridized carbons (Fsp3) is 0.776. The van der Waals surface area contributed by atoms with Crippen molar-refractivity contribution in [1.82, 2.24) is 58.5 Å². The predicted octanol–water partition coefficient (Wildman–Crippen LogP) is -0.558. The first kappa shape index (κ1) is 66.1. The van der Waals surface area contributed by atoms with E-state index in [0.29, 0.717) is 12.8 Å². The molecule has 0 saturated heterocycles. The maximum absolute atomic E-state index is 13.4. The van der Waals surface area contributed by atoms with E-state index >= 15 is 0 Å². The number of amides is 11. The molecular formula is C49H89N11O12. The number of carbonyl (C=O) groups is 11. The Morgan fingerprint density at radius 1 is 0.417 bits per heavy atom. The van der Waals surface area contributed by atoms with Gasteiger partial charge in [-0.1, -0.05) is 88.0 Å². The molecule has 12 N–H and O–H groups in total. The van der Waals surface area contributed by atoms with Crippen LogP contribution in [0.2, 0.25) is 0 Å². The summed E-state index contributed by atoms with van der Waals surface area (Å²) in [6.45, 7) is 22.1. The summed E-state index contributed by atoms with van der Waals surface area (Å²) in [5.74, 6) is -8.32. The van der Waals surface area contributed by atoms with E-state index in [9.17, 15) is 57.8 Å². The molecule has 0 heterocycles. The summed E-state index contributed by atoms with van der Waals surface area (Å²) in [6, 6.07) is -3.75. The lowest BCUT2D eigenvalue weighted by Crippen LogP contribution is -2.62. The van der Waals surface area contributed by atoms with Crippen LogP contribution in [0.3, 0.4) is 0 Å². The number of unbranched alkanes of at least 4 members (excludes halogenated alkanes) is 4. The Hall–Kier alpha value is -5.87. The van der Waals surface area contributed by atoms with Crippen molar-refractivity contribution in [2.45, 2.75) is 190 Å². The summed E-state index contributed by atoms with van der Waals surface area (Å²) in [4.78, 5) is 142. The molecule has 11 amide bonds. The molecule has 0 aliphatic rings. The molecule has 0 aromatic rings. The molecule has 0 spiro atoms. The van der Waals surface area contributed by atoms with Gasteiger partial charge in [-0.25, -0.2) is 0 Å². The fourth-order valence-corrected chi connectivity index (χ4v) is 6.95. The fourth-order valence-electron chi connectivity index (χ4n) is 6.95. The molecule has 72 heavy (non-hydrogen) atoms. The van der Waals surface area contributed by atoms with Crippen molar-refractivity contribution in [3.05, 3.63) is 0 Å². The van der Waals surface area contributed by atoms with E-state index in [1.54, 1.807) is 41.5 Å². The molecule has 0 unspecified atom stereocenters. The largest absolute Gasteiger partial charge is 0.394 e. The Kier molecular flexibility index (Phi) is 29.0. The average Bonchev–Trinajstić information content (AvgIpc) is 3.26. The van der Waals surface area contributed by atoms with Gasteiger partial charge in [0.15, 0.2) is 0 Å². The summed E-state index contributed by atoms with van der Waals surface area (Å²) in [6.07, 6.45) is 5.60. The number of hydrogen-bond acceptors (Lipinski definition) is 12. The normalized spacial score (nSPS) is 13.4. The number of rotatable bonds is 33. The highest BCUT2D eigenvalue weighted by Gasteiger charge is 2.37. The minimum absolute atomic E-state index is 0.206. The maximum Gasteiger partial charge on any atom is 0.245 e. The molecule has 0 aliphatic carbocycles. The Labute approximate surface area is 426 Å². The highest BCUT2D eigenvalue weighted by atomic mass is 16.3. The highest BCUT2D eigenvalue weighted by molar-refractivity contribution is 5.99. The number of carbonyl (C=O) groups excluding carboxylic acids is 11. The van der Waals surface area contributed by atoms with E-state index in [1.165, 1.54) is 41.5 Å². The first-order chi connectivity index (χ1) is 33.2. The minimum Gasteiger partial charge on any atom is -0.394 e. The van der Waals surface area contributed by atoms with Crippen molar-refractivity contribution >= 4 is 65.0 Å². The molecule has 0 aromatic carbocycles. The first-order valence-electron chi connectivity index (χ1n) is 25.1. The van der Waals surface area contributed by atoms with Crippen molar-refractivity contribution in [2.24, 2.45) is 23.7 Å². The first-order valence-corrected chi connectivity index (χ1v) is 25.1. The second kappa shape index (κ2) is 31.6. The molecule has 4 atom stereocenters. The third kappa shape index (κ3) is 25.5. The van der Waals surface area contributed by atoms with Crippen LogP contribution in [0.25, 0.3) is 0 Å². The number of hydrogen-bond donors (Lipinski definition) is 12. The van der Waals surface area contributed by atoms with Gasteiger partial charge in [-0.2, -0.15) is 0 Å². The van der Waals surface area contributed by atoms with E-state index in [1.807, 2.05) is 13.8 Å². The van der Waals surface area contributed by atoms with Crippen molar-refractivity contribution in [3.8, 4) is 0 Å². The molecule has 412 valence electrons. The van der Waals surface area contributed by atoms with Crippen LogP contribution in [0.5, 0.6) is 0 Å². The van der Waals surface area contributed by atoms with Gasteiger partial charge in [0, 0.05) is 6.42 Å². The zero-order valence-corrected chi connectivity index (χ0v) is 45.5. The second-order valence-corrected chi connectivity index (χ2v) is 21.3. The molecule has 0 rings (SSSR count). The third-order valence-corrected chi connectivity index (χ3v) is 11.3. The van der Waals surface area contributed by atoms with Crippen LogP contribution < -0.4 is 58.5 Å². The van der Waals surface area contributed by atoms with Gasteiger partial charge in [0.05, 0.1) is 38.8 Å². The summed E-state index contributed by atoms with van der Waals surface area (Å²) in [7, 11) is 0. The predicted molar refractivity (Wildman–Crippen MR) is 271 cm³/mol. The lowest BCUT2D eigenvalue weighted by atomic mass is 9.99. The van der Waals surface area contributed by atoms with Gasteiger partial charge in [0.1, 0.15) is 34.7 Å². The van der Waals surface area contributed by atoms with E-state index in [-0.39, 0.29) is 30.8 Å². The van der Waals surface area contributed by atoms with Crippen LogP contribution in [-0.4, -0.2) is 144 Å². The van der Waals surface area contributed by atoms with Crippen LogP contribution in [0.4, 0.5) is 0 Å². The van der Waals surface area contributed by atoms with Gasteiger partial charge in [0.2, 0.25) is 65.0 Å². The van der Waals surface area contributed by atoms with Gasteiger partial charge in [0.25, 0.3) is 0 Å². The summed E-state index contributed by atoms with van der Waals surface area (Å²) in [5, 5.41) is 37.6. The average molecular weight is 1020 g/mol. The van der Waals surface area contributed by atoms with E-state index in [2.05, 4.69) is 65.4 Å². The molecule has 0 aliphatic heterocycles. The van der Waals surface area contributed by atoms with Crippen molar-refractivity contribution in [2.75, 3.05) is 32.8 Å². The Balaban J connectivity index is 5.19. The highest BCUT2D eigenvalue weighted by Crippen LogP contribution is 2.12. The van der Waals surface area contributed by atoms with E-state index < -0.39 is 138 Å².